The average Bonchev–Trinajstić information content (AvgIpc) is 2.96. The molecule has 4 rings (SSSR count). The van der Waals surface area contributed by atoms with Crippen LogP contribution in [-0.4, -0.2) is 198 Å². The third-order valence-electron chi connectivity index (χ3n) is 7.76. The lowest BCUT2D eigenvalue weighted by atomic mass is 9.97. The van der Waals surface area contributed by atoms with E-state index in [1.54, 1.807) is 0 Å². The third-order valence-corrected chi connectivity index (χ3v) is 7.76. The molecule has 0 bridgehead atoms. The average molecular weight is 621 g/mol. The van der Waals surface area contributed by atoms with Crippen LogP contribution in [0.1, 0.15) is 6.92 Å². The maximum absolute atomic E-state index is 10.7. The topological polar surface area (TPSA) is 307 Å². The maximum atomic E-state index is 10.7. The predicted molar refractivity (Wildman–Crippen MR) is 126 cm³/mol. The predicted octanol–water partition coefficient (Wildman–Crippen LogP) is -8.08. The largest absolute Gasteiger partial charge is 0.394 e. The smallest absolute Gasteiger partial charge is 0.187 e. The summed E-state index contributed by atoms with van der Waals surface area (Å²) in [6.07, 6.45) is -30.9. The third kappa shape index (κ3) is 6.89. The first-order chi connectivity index (χ1) is 19.8. The summed E-state index contributed by atoms with van der Waals surface area (Å²) >= 11 is 0. The van der Waals surface area contributed by atoms with E-state index in [-0.39, 0.29) is 0 Å². The quantitative estimate of drug-likeness (QED) is 0.120. The molecule has 42 heavy (non-hydrogen) atoms. The van der Waals surface area contributed by atoms with Crippen LogP contribution in [0.4, 0.5) is 0 Å². The molecule has 0 aromatic rings. The summed E-state index contributed by atoms with van der Waals surface area (Å²) in [7, 11) is 0. The molecule has 12 N–H and O–H groups in total. The molecule has 19 heteroatoms. The van der Waals surface area contributed by atoms with Gasteiger partial charge < -0.3 is 94.4 Å². The van der Waals surface area contributed by atoms with E-state index in [9.17, 15) is 61.3 Å². The zero-order valence-corrected chi connectivity index (χ0v) is 22.3. The molecule has 0 radical (unpaired) electrons. The van der Waals surface area contributed by atoms with Crippen molar-refractivity contribution in [3.63, 3.8) is 0 Å². The SMILES string of the molecule is C[C@H]1O[C@@H](OC[C@H]2O[C@@H](O)[C@H](O[C@@H]3O[C@H](CO)[C@@H](O)[C@H](O)[C@H]3O)[C@@H](O)[C@@H]2O)[C@H](O[C@@H]2OC[C@@H](O)[C@H](O)[C@H]2O)[C@@H](O)[C@H]1O. The van der Waals surface area contributed by atoms with Crippen LogP contribution < -0.4 is 0 Å². The Balaban J connectivity index is 1.38. The molecule has 19 nitrogen and oxygen atoms in total. The minimum atomic E-state index is -1.96. The van der Waals surface area contributed by atoms with Crippen molar-refractivity contribution in [2.75, 3.05) is 19.8 Å². The normalized spacial score (nSPS) is 54.1. The number of aliphatic hydroxyl groups excluding tert-OH is 12. The standard InChI is InChI=1S/C23H40O19/c1-5-9(26)14(31)19(42-21-16(33)10(27)6(25)3-36-21)23(38-5)37-4-8-12(29)15(32)18(20(35)39-8)41-22-17(34)13(30)11(28)7(2-24)40-22/h5-35H,2-4H2,1H3/t5-,6-,7-,8-,9+,10+,11-,12-,13+,14+,15+,16-,17-,18-,19-,20-,21+,22+,23-/m1/s1. The number of rotatable bonds is 8. The highest BCUT2D eigenvalue weighted by molar-refractivity contribution is 4.95. The lowest BCUT2D eigenvalue weighted by molar-refractivity contribution is -0.373. The molecule has 0 unspecified atom stereocenters. The number of hydrogen-bond acceptors (Lipinski definition) is 19. The zero-order valence-electron chi connectivity index (χ0n) is 22.3. The highest BCUT2D eigenvalue weighted by atomic mass is 16.8. The van der Waals surface area contributed by atoms with Crippen molar-refractivity contribution in [2.24, 2.45) is 0 Å². The van der Waals surface area contributed by atoms with Gasteiger partial charge in [-0.2, -0.15) is 0 Å². The Labute approximate surface area is 238 Å². The Hall–Kier alpha value is -0.760. The van der Waals surface area contributed by atoms with E-state index >= 15 is 0 Å². The molecule has 4 aliphatic rings. The van der Waals surface area contributed by atoms with Crippen molar-refractivity contribution in [1.29, 1.82) is 0 Å². The molecule has 0 amide bonds. The number of ether oxygens (including phenoxy) is 7. The Kier molecular flexibility index (Phi) is 11.5. The maximum Gasteiger partial charge on any atom is 0.187 e. The molecule has 0 aromatic heterocycles. The highest BCUT2D eigenvalue weighted by Gasteiger charge is 2.52. The Bertz CT molecular complexity index is 853. The van der Waals surface area contributed by atoms with Crippen LogP contribution in [0.3, 0.4) is 0 Å². The summed E-state index contributed by atoms with van der Waals surface area (Å²) in [5.41, 5.74) is 0. The first kappa shape index (κ1) is 34.1. The van der Waals surface area contributed by atoms with Crippen LogP contribution in [0.15, 0.2) is 0 Å². The van der Waals surface area contributed by atoms with Crippen molar-refractivity contribution in [3.8, 4) is 0 Å². The minimum Gasteiger partial charge on any atom is -0.394 e. The van der Waals surface area contributed by atoms with E-state index in [2.05, 4.69) is 0 Å². The van der Waals surface area contributed by atoms with Crippen molar-refractivity contribution < 1.29 is 94.4 Å². The van der Waals surface area contributed by atoms with Gasteiger partial charge >= 0.3 is 0 Å². The Morgan fingerprint density at radius 2 is 1.17 bits per heavy atom. The molecule has 4 fully saturated rings. The van der Waals surface area contributed by atoms with Crippen molar-refractivity contribution in [1.82, 2.24) is 0 Å². The zero-order chi connectivity index (χ0) is 31.0. The van der Waals surface area contributed by atoms with Crippen LogP contribution in [0.5, 0.6) is 0 Å². The summed E-state index contributed by atoms with van der Waals surface area (Å²) in [6, 6.07) is 0. The van der Waals surface area contributed by atoms with E-state index in [1.807, 2.05) is 0 Å². The first-order valence-corrected chi connectivity index (χ1v) is 13.4. The van der Waals surface area contributed by atoms with Crippen molar-refractivity contribution in [3.05, 3.63) is 0 Å². The van der Waals surface area contributed by atoms with Crippen LogP contribution in [0.25, 0.3) is 0 Å². The van der Waals surface area contributed by atoms with Gasteiger partial charge in [0, 0.05) is 0 Å². The molecule has 0 aromatic carbocycles. The van der Waals surface area contributed by atoms with E-state index in [0.717, 1.165) is 0 Å². The fraction of sp³-hybridized carbons (Fsp3) is 1.00. The van der Waals surface area contributed by atoms with Gasteiger partial charge in [-0.25, -0.2) is 0 Å². The highest BCUT2D eigenvalue weighted by Crippen LogP contribution is 2.31. The van der Waals surface area contributed by atoms with Gasteiger partial charge in [0.1, 0.15) is 85.5 Å². The summed E-state index contributed by atoms with van der Waals surface area (Å²) in [4.78, 5) is 0. The van der Waals surface area contributed by atoms with E-state index in [1.165, 1.54) is 6.92 Å². The summed E-state index contributed by atoms with van der Waals surface area (Å²) in [5, 5.41) is 122. The summed E-state index contributed by atoms with van der Waals surface area (Å²) in [5.74, 6) is 0. The molecule has 4 saturated heterocycles. The second-order valence-electron chi connectivity index (χ2n) is 10.7. The summed E-state index contributed by atoms with van der Waals surface area (Å²) in [6.45, 7) is -0.377. The second-order valence-corrected chi connectivity index (χ2v) is 10.7. The van der Waals surface area contributed by atoms with E-state index in [0.29, 0.717) is 0 Å². The van der Waals surface area contributed by atoms with Gasteiger partial charge in [0.05, 0.1) is 25.9 Å². The Morgan fingerprint density at radius 3 is 1.83 bits per heavy atom. The van der Waals surface area contributed by atoms with Gasteiger partial charge in [-0.15, -0.1) is 0 Å². The molecular weight excluding hydrogens is 580 g/mol. The van der Waals surface area contributed by atoms with Gasteiger partial charge in [0.25, 0.3) is 0 Å². The Morgan fingerprint density at radius 1 is 0.571 bits per heavy atom. The molecule has 246 valence electrons. The van der Waals surface area contributed by atoms with Crippen molar-refractivity contribution >= 4 is 0 Å². The lowest BCUT2D eigenvalue weighted by Gasteiger charge is -2.46. The van der Waals surface area contributed by atoms with Gasteiger partial charge in [-0.05, 0) is 6.92 Å². The molecule has 19 atom stereocenters. The lowest BCUT2D eigenvalue weighted by Crippen LogP contribution is -2.65. The number of aliphatic hydroxyl groups is 12. The van der Waals surface area contributed by atoms with Gasteiger partial charge in [0.2, 0.25) is 0 Å². The monoisotopic (exact) mass is 620 g/mol. The van der Waals surface area contributed by atoms with Crippen LogP contribution in [0, 0.1) is 0 Å². The molecule has 4 heterocycles. The molecule has 0 saturated carbocycles. The van der Waals surface area contributed by atoms with Gasteiger partial charge in [-0.3, -0.25) is 0 Å². The first-order valence-electron chi connectivity index (χ1n) is 13.4. The molecule has 0 spiro atoms. The number of hydrogen-bond donors (Lipinski definition) is 12. The second kappa shape index (κ2) is 14.1. The van der Waals surface area contributed by atoms with Crippen molar-refractivity contribution in [2.45, 2.75) is 124 Å². The van der Waals surface area contributed by atoms with Crippen LogP contribution in [0.2, 0.25) is 0 Å². The minimum absolute atomic E-state index is 0.415. The summed E-state index contributed by atoms with van der Waals surface area (Å²) < 4.78 is 37.7. The van der Waals surface area contributed by atoms with Gasteiger partial charge in [-0.1, -0.05) is 0 Å². The fourth-order valence-corrected chi connectivity index (χ4v) is 5.07. The van der Waals surface area contributed by atoms with E-state index < -0.39 is 137 Å². The molecule has 0 aliphatic carbocycles. The molecule has 4 aliphatic heterocycles. The van der Waals surface area contributed by atoms with E-state index in [4.69, 9.17) is 33.2 Å². The fourth-order valence-electron chi connectivity index (χ4n) is 5.07. The molecular formula is C23H40O19. The van der Waals surface area contributed by atoms with Gasteiger partial charge in [0.15, 0.2) is 25.2 Å². The van der Waals surface area contributed by atoms with Crippen LogP contribution in [-0.2, 0) is 33.2 Å². The van der Waals surface area contributed by atoms with Crippen LogP contribution >= 0.6 is 0 Å².